The first-order valence-electron chi connectivity index (χ1n) is 11.9. The highest BCUT2D eigenvalue weighted by atomic mass is 19.1. The molecule has 0 aromatic heterocycles. The van der Waals surface area contributed by atoms with Gasteiger partial charge < -0.3 is 0 Å². The Labute approximate surface area is 198 Å². The van der Waals surface area contributed by atoms with Gasteiger partial charge in [-0.05, 0) is 60.1 Å². The summed E-state index contributed by atoms with van der Waals surface area (Å²) in [5.41, 5.74) is 4.24. The van der Waals surface area contributed by atoms with Crippen LogP contribution >= 0.6 is 0 Å². The average molecular weight is 443 g/mol. The molecule has 3 heteroatoms. The van der Waals surface area contributed by atoms with Gasteiger partial charge >= 0.3 is 0 Å². The maximum atomic E-state index is 13.6. The lowest BCUT2D eigenvalue weighted by molar-refractivity contribution is 0.492. The fourth-order valence-electron chi connectivity index (χ4n) is 3.75. The third-order valence-electron chi connectivity index (χ3n) is 5.95. The van der Waals surface area contributed by atoms with Crippen LogP contribution in [0.15, 0.2) is 94.9 Å². The van der Waals surface area contributed by atoms with E-state index in [0.29, 0.717) is 11.8 Å². The molecule has 3 rings (SSSR count). The van der Waals surface area contributed by atoms with Gasteiger partial charge in [0, 0.05) is 11.8 Å². The van der Waals surface area contributed by atoms with Crippen LogP contribution in [-0.2, 0) is 12.8 Å². The van der Waals surface area contributed by atoms with Gasteiger partial charge in [-0.25, -0.2) is 4.39 Å². The van der Waals surface area contributed by atoms with Gasteiger partial charge in [-0.2, -0.15) is 0 Å². The second-order valence-electron chi connectivity index (χ2n) is 9.30. The largest absolute Gasteiger partial charge is 0.287 e. The lowest BCUT2D eigenvalue weighted by atomic mass is 9.96. The van der Waals surface area contributed by atoms with Gasteiger partial charge in [0.2, 0.25) is 0 Å². The number of hydrogen-bond donors (Lipinski definition) is 0. The molecule has 0 saturated carbocycles. The zero-order chi connectivity index (χ0) is 23.6. The minimum Gasteiger partial charge on any atom is -0.287 e. The van der Waals surface area contributed by atoms with E-state index in [0.717, 1.165) is 24.1 Å². The molecule has 0 aliphatic heterocycles. The Kier molecular flexibility index (Phi) is 9.12. The van der Waals surface area contributed by atoms with E-state index < -0.39 is 0 Å². The van der Waals surface area contributed by atoms with Crippen LogP contribution in [0.5, 0.6) is 0 Å². The zero-order valence-corrected chi connectivity index (χ0v) is 20.2. The predicted octanol–water partition coefficient (Wildman–Crippen LogP) is 7.22. The van der Waals surface area contributed by atoms with Crippen LogP contribution in [-0.4, -0.2) is 24.0 Å². The predicted molar refractivity (Wildman–Crippen MR) is 139 cm³/mol. The van der Waals surface area contributed by atoms with Crippen LogP contribution in [0.4, 0.5) is 4.39 Å². The van der Waals surface area contributed by atoms with Crippen LogP contribution in [0, 0.1) is 17.7 Å². The van der Waals surface area contributed by atoms with Crippen molar-refractivity contribution in [2.75, 3.05) is 0 Å². The van der Waals surface area contributed by atoms with Crippen LogP contribution in [0.1, 0.15) is 44.4 Å². The topological polar surface area (TPSA) is 24.7 Å². The van der Waals surface area contributed by atoms with Gasteiger partial charge in [-0.1, -0.05) is 88.4 Å². The Bertz CT molecular complexity index is 1020. The maximum Gasteiger partial charge on any atom is 0.123 e. The van der Waals surface area contributed by atoms with Crippen molar-refractivity contribution < 1.29 is 4.39 Å². The van der Waals surface area contributed by atoms with Crippen molar-refractivity contribution in [1.82, 2.24) is 0 Å². The fourth-order valence-corrected chi connectivity index (χ4v) is 3.75. The Hall–Kier alpha value is -3.07. The molecule has 3 aromatic carbocycles. The molecular formula is C30H35FN2. The lowest BCUT2D eigenvalue weighted by Gasteiger charge is -2.19. The average Bonchev–Trinajstić information content (AvgIpc) is 2.81. The number of benzene rings is 3. The standard InChI is InChI=1S/C30H35FN2/c1-22(2)28(19-24-11-7-5-8-12-24)32-21-30(26-15-17-27(31)18-16-26)33-29(23(3)4)20-25-13-9-6-10-14-25/h5-18,21-23,28-29H,19-20H2,1-4H3/b32-21+,33-30-/t28-,29-/m1/s1. The summed E-state index contributed by atoms with van der Waals surface area (Å²) in [5.74, 6) is 0.504. The molecule has 2 nitrogen and oxygen atoms in total. The molecule has 0 spiro atoms. The van der Waals surface area contributed by atoms with Crippen LogP contribution in [0.3, 0.4) is 0 Å². The second kappa shape index (κ2) is 12.2. The summed E-state index contributed by atoms with van der Waals surface area (Å²) in [6.07, 6.45) is 3.64. The van der Waals surface area contributed by atoms with E-state index in [9.17, 15) is 4.39 Å². The van der Waals surface area contributed by atoms with E-state index >= 15 is 0 Å². The fraction of sp³-hybridized carbons (Fsp3) is 0.333. The molecule has 0 N–H and O–H groups in total. The zero-order valence-electron chi connectivity index (χ0n) is 20.2. The highest BCUT2D eigenvalue weighted by Crippen LogP contribution is 2.17. The normalized spacial score (nSPS) is 14.2. The van der Waals surface area contributed by atoms with Crippen molar-refractivity contribution in [3.05, 3.63) is 107 Å². The van der Waals surface area contributed by atoms with E-state index in [1.165, 1.54) is 23.3 Å². The lowest BCUT2D eigenvalue weighted by Crippen LogP contribution is -2.21. The molecule has 3 aromatic rings. The smallest absolute Gasteiger partial charge is 0.123 e. The van der Waals surface area contributed by atoms with E-state index in [1.54, 1.807) is 12.1 Å². The van der Waals surface area contributed by atoms with Gasteiger partial charge in [0.1, 0.15) is 5.82 Å². The van der Waals surface area contributed by atoms with Gasteiger partial charge in [0.15, 0.2) is 0 Å². The number of nitrogens with zero attached hydrogens (tertiary/aromatic N) is 2. The van der Waals surface area contributed by atoms with Crippen LogP contribution < -0.4 is 0 Å². The first-order valence-corrected chi connectivity index (χ1v) is 11.9. The highest BCUT2D eigenvalue weighted by Gasteiger charge is 2.16. The summed E-state index contributed by atoms with van der Waals surface area (Å²) in [4.78, 5) is 10.1. The number of hydrogen-bond acceptors (Lipinski definition) is 2. The van der Waals surface area contributed by atoms with Crippen molar-refractivity contribution in [3.63, 3.8) is 0 Å². The minimum atomic E-state index is -0.246. The minimum absolute atomic E-state index is 0.102. The molecule has 0 amide bonds. The van der Waals surface area contributed by atoms with Gasteiger partial charge in [-0.15, -0.1) is 0 Å². The first-order chi connectivity index (χ1) is 15.9. The van der Waals surface area contributed by atoms with Crippen molar-refractivity contribution in [2.24, 2.45) is 21.8 Å². The first kappa shape index (κ1) is 24.6. The third-order valence-corrected chi connectivity index (χ3v) is 5.95. The molecule has 0 saturated heterocycles. The Morgan fingerprint density at radius 1 is 0.697 bits per heavy atom. The SMILES string of the molecule is CC(C)[C@@H](Cc1ccccc1)/N=C/C(=N/[C@H](Cc1ccccc1)C(C)C)c1ccc(F)cc1. The second-order valence-corrected chi connectivity index (χ2v) is 9.30. The summed E-state index contributed by atoms with van der Waals surface area (Å²) in [7, 11) is 0. The van der Waals surface area contributed by atoms with Gasteiger partial charge in [0.25, 0.3) is 0 Å². The monoisotopic (exact) mass is 442 g/mol. The van der Waals surface area contributed by atoms with Gasteiger partial charge in [-0.3, -0.25) is 9.98 Å². The molecule has 0 heterocycles. The molecule has 33 heavy (non-hydrogen) atoms. The Morgan fingerprint density at radius 2 is 1.18 bits per heavy atom. The van der Waals surface area contributed by atoms with E-state index in [4.69, 9.17) is 9.98 Å². The third kappa shape index (κ3) is 7.78. The molecule has 0 bridgehead atoms. The van der Waals surface area contributed by atoms with Crippen LogP contribution in [0.25, 0.3) is 0 Å². The summed E-state index contributed by atoms with van der Waals surface area (Å²) in [6.45, 7) is 8.80. The molecule has 0 radical (unpaired) electrons. The van der Waals surface area contributed by atoms with Crippen molar-refractivity contribution in [3.8, 4) is 0 Å². The van der Waals surface area contributed by atoms with E-state index in [-0.39, 0.29) is 17.9 Å². The van der Waals surface area contributed by atoms with E-state index in [1.807, 2.05) is 18.3 Å². The van der Waals surface area contributed by atoms with E-state index in [2.05, 4.69) is 76.2 Å². The molecule has 0 fully saturated rings. The van der Waals surface area contributed by atoms with Crippen molar-refractivity contribution in [2.45, 2.75) is 52.6 Å². The summed E-state index contributed by atoms with van der Waals surface area (Å²) in [6, 6.07) is 27.7. The highest BCUT2D eigenvalue weighted by molar-refractivity contribution is 6.38. The molecule has 0 aliphatic carbocycles. The van der Waals surface area contributed by atoms with Gasteiger partial charge in [0.05, 0.1) is 17.8 Å². The van der Waals surface area contributed by atoms with Crippen molar-refractivity contribution in [1.29, 1.82) is 0 Å². The molecular weight excluding hydrogens is 407 g/mol. The number of halogens is 1. The summed E-state index contributed by atoms with van der Waals surface area (Å²) in [5, 5.41) is 0. The summed E-state index contributed by atoms with van der Waals surface area (Å²) >= 11 is 0. The number of rotatable bonds is 10. The quantitative estimate of drug-likeness (QED) is 0.296. The molecule has 0 aliphatic rings. The molecule has 172 valence electrons. The summed E-state index contributed by atoms with van der Waals surface area (Å²) < 4.78 is 13.6. The molecule has 2 atom stereocenters. The van der Waals surface area contributed by atoms with Crippen LogP contribution in [0.2, 0.25) is 0 Å². The molecule has 0 unspecified atom stereocenters. The maximum absolute atomic E-state index is 13.6. The van der Waals surface area contributed by atoms with Crippen molar-refractivity contribution >= 4 is 11.9 Å². The Balaban J connectivity index is 1.93. The Morgan fingerprint density at radius 3 is 1.67 bits per heavy atom. The number of aliphatic imine (C=N–C) groups is 2.